The second-order valence-corrected chi connectivity index (χ2v) is 5.94. The van der Waals surface area contributed by atoms with E-state index in [1.54, 1.807) is 0 Å². The van der Waals surface area contributed by atoms with Crippen molar-refractivity contribution in [1.29, 1.82) is 0 Å². The zero-order valence-electron chi connectivity index (χ0n) is 12.4. The Morgan fingerprint density at radius 2 is 2.24 bits per heavy atom. The number of benzene rings is 1. The molecule has 0 saturated carbocycles. The zero-order chi connectivity index (χ0) is 14.8. The van der Waals surface area contributed by atoms with E-state index in [-0.39, 0.29) is 12.5 Å². The van der Waals surface area contributed by atoms with Crippen LogP contribution in [0, 0.1) is 12.8 Å². The Morgan fingerprint density at radius 3 is 3.05 bits per heavy atom. The largest absolute Gasteiger partial charge is 0.396 e. The molecule has 1 unspecified atom stereocenters. The molecule has 1 aromatic carbocycles. The number of hydrogen-bond donors (Lipinski definition) is 2. The first-order valence-corrected chi connectivity index (χ1v) is 7.68. The number of aromatic nitrogens is 1. The topological polar surface area (TPSA) is 56.3 Å². The number of carbonyl (C=O) groups is 1. The molecule has 2 N–H and O–H groups in total. The van der Waals surface area contributed by atoms with Crippen molar-refractivity contribution < 1.29 is 9.90 Å². The Labute approximate surface area is 124 Å². The van der Waals surface area contributed by atoms with Crippen LogP contribution >= 0.6 is 0 Å². The summed E-state index contributed by atoms with van der Waals surface area (Å²) in [5.74, 6) is 0.547. The van der Waals surface area contributed by atoms with E-state index in [0.29, 0.717) is 5.92 Å². The van der Waals surface area contributed by atoms with Gasteiger partial charge in [0.05, 0.1) is 5.56 Å². The van der Waals surface area contributed by atoms with Gasteiger partial charge >= 0.3 is 0 Å². The van der Waals surface area contributed by atoms with Crippen LogP contribution in [0.5, 0.6) is 0 Å². The highest BCUT2D eigenvalue weighted by Gasteiger charge is 2.26. The molecular formula is C17H22N2O2. The number of aryl methyl sites for hydroxylation is 1. The van der Waals surface area contributed by atoms with E-state index in [9.17, 15) is 4.79 Å². The molecule has 1 atom stereocenters. The lowest BCUT2D eigenvalue weighted by Gasteiger charge is -2.32. The van der Waals surface area contributed by atoms with Gasteiger partial charge in [0, 0.05) is 36.3 Å². The first-order valence-electron chi connectivity index (χ1n) is 7.68. The van der Waals surface area contributed by atoms with Crippen LogP contribution in [-0.2, 0) is 0 Å². The SMILES string of the molecule is Cc1[nH]c2ccccc2c1C(=O)N1CCCC(CCO)C1. The Balaban J connectivity index is 1.88. The number of aromatic amines is 1. The summed E-state index contributed by atoms with van der Waals surface area (Å²) >= 11 is 0. The highest BCUT2D eigenvalue weighted by molar-refractivity contribution is 6.08. The molecule has 0 spiro atoms. The van der Waals surface area contributed by atoms with E-state index in [1.165, 1.54) is 0 Å². The van der Waals surface area contributed by atoms with Crippen LogP contribution in [0.3, 0.4) is 0 Å². The molecule has 4 nitrogen and oxygen atoms in total. The Hall–Kier alpha value is -1.81. The fraction of sp³-hybridized carbons (Fsp3) is 0.471. The van der Waals surface area contributed by atoms with Crippen LogP contribution in [0.1, 0.15) is 35.3 Å². The summed E-state index contributed by atoms with van der Waals surface area (Å²) in [6.45, 7) is 3.75. The van der Waals surface area contributed by atoms with Gasteiger partial charge in [-0.05, 0) is 38.2 Å². The van der Waals surface area contributed by atoms with Gasteiger partial charge in [0.1, 0.15) is 0 Å². The number of nitrogens with zero attached hydrogens (tertiary/aromatic N) is 1. The second kappa shape index (κ2) is 5.90. The summed E-state index contributed by atoms with van der Waals surface area (Å²) in [6, 6.07) is 7.95. The molecule has 1 fully saturated rings. The molecule has 2 heterocycles. The first kappa shape index (κ1) is 14.1. The molecule has 4 heteroatoms. The second-order valence-electron chi connectivity index (χ2n) is 5.94. The molecule has 1 amide bonds. The predicted octanol–water partition coefficient (Wildman–Crippen LogP) is 2.71. The third-order valence-electron chi connectivity index (χ3n) is 4.45. The molecule has 0 radical (unpaired) electrons. The molecule has 3 rings (SSSR count). The third-order valence-corrected chi connectivity index (χ3v) is 4.45. The van der Waals surface area contributed by atoms with Crippen molar-refractivity contribution >= 4 is 16.8 Å². The van der Waals surface area contributed by atoms with Gasteiger partial charge in [-0.15, -0.1) is 0 Å². The highest BCUT2D eigenvalue weighted by atomic mass is 16.3. The lowest BCUT2D eigenvalue weighted by atomic mass is 9.94. The number of amides is 1. The highest BCUT2D eigenvalue weighted by Crippen LogP contribution is 2.26. The lowest BCUT2D eigenvalue weighted by molar-refractivity contribution is 0.0655. The fourth-order valence-corrected chi connectivity index (χ4v) is 3.38. The van der Waals surface area contributed by atoms with Gasteiger partial charge in [-0.3, -0.25) is 4.79 Å². The Bertz CT molecular complexity index is 645. The van der Waals surface area contributed by atoms with Gasteiger partial charge in [-0.2, -0.15) is 0 Å². The standard InChI is InChI=1S/C17H22N2O2/c1-12-16(14-6-2-3-7-15(14)18-12)17(21)19-9-4-5-13(11-19)8-10-20/h2-3,6-7,13,18,20H,4-5,8-11H2,1H3. The fourth-order valence-electron chi connectivity index (χ4n) is 3.38. The van der Waals surface area contributed by atoms with Crippen molar-refractivity contribution in [3.63, 3.8) is 0 Å². The van der Waals surface area contributed by atoms with Crippen LogP contribution in [0.15, 0.2) is 24.3 Å². The smallest absolute Gasteiger partial charge is 0.256 e. The number of aliphatic hydroxyl groups excluding tert-OH is 1. The number of aliphatic hydroxyl groups is 1. The normalized spacial score (nSPS) is 19.1. The van der Waals surface area contributed by atoms with Gasteiger partial charge in [-0.25, -0.2) is 0 Å². The van der Waals surface area contributed by atoms with Crippen LogP contribution in [0.4, 0.5) is 0 Å². The van der Waals surface area contributed by atoms with E-state index in [0.717, 1.165) is 54.5 Å². The van der Waals surface area contributed by atoms with Crippen molar-refractivity contribution in [2.45, 2.75) is 26.2 Å². The van der Waals surface area contributed by atoms with E-state index in [2.05, 4.69) is 4.98 Å². The number of rotatable bonds is 3. The van der Waals surface area contributed by atoms with Crippen LogP contribution in [0.25, 0.3) is 10.9 Å². The lowest BCUT2D eigenvalue weighted by Crippen LogP contribution is -2.40. The Kier molecular flexibility index (Phi) is 3.97. The van der Waals surface area contributed by atoms with E-state index < -0.39 is 0 Å². The number of piperidine rings is 1. The van der Waals surface area contributed by atoms with Gasteiger partial charge in [0.15, 0.2) is 0 Å². The molecule has 1 aliphatic rings. The summed E-state index contributed by atoms with van der Waals surface area (Å²) < 4.78 is 0. The monoisotopic (exact) mass is 286 g/mol. The maximum atomic E-state index is 12.9. The molecule has 112 valence electrons. The molecular weight excluding hydrogens is 264 g/mol. The average Bonchev–Trinajstić information content (AvgIpc) is 2.83. The van der Waals surface area contributed by atoms with Crippen molar-refractivity contribution in [3.05, 3.63) is 35.5 Å². The van der Waals surface area contributed by atoms with Crippen molar-refractivity contribution in [1.82, 2.24) is 9.88 Å². The molecule has 1 saturated heterocycles. The van der Waals surface area contributed by atoms with Crippen molar-refractivity contribution in [2.24, 2.45) is 5.92 Å². The Morgan fingerprint density at radius 1 is 1.43 bits per heavy atom. The van der Waals surface area contributed by atoms with Crippen molar-refractivity contribution in [2.75, 3.05) is 19.7 Å². The molecule has 0 bridgehead atoms. The summed E-state index contributed by atoms with van der Waals surface area (Å²) in [5, 5.41) is 10.1. The molecule has 1 aliphatic heterocycles. The van der Waals surface area contributed by atoms with Gasteiger partial charge in [0.25, 0.3) is 5.91 Å². The molecule has 1 aromatic heterocycles. The van der Waals surface area contributed by atoms with Gasteiger partial charge < -0.3 is 15.0 Å². The molecule has 21 heavy (non-hydrogen) atoms. The number of likely N-dealkylation sites (tertiary alicyclic amines) is 1. The minimum Gasteiger partial charge on any atom is -0.396 e. The van der Waals surface area contributed by atoms with Gasteiger partial charge in [0.2, 0.25) is 0 Å². The minimum atomic E-state index is 0.118. The van der Waals surface area contributed by atoms with Crippen LogP contribution < -0.4 is 0 Å². The summed E-state index contributed by atoms with van der Waals surface area (Å²) in [5.41, 5.74) is 2.75. The molecule has 2 aromatic rings. The van der Waals surface area contributed by atoms with Crippen LogP contribution in [0.2, 0.25) is 0 Å². The summed E-state index contributed by atoms with van der Waals surface area (Å²) in [6.07, 6.45) is 2.92. The third kappa shape index (κ3) is 2.68. The van der Waals surface area contributed by atoms with E-state index >= 15 is 0 Å². The van der Waals surface area contributed by atoms with Crippen LogP contribution in [-0.4, -0.2) is 40.6 Å². The number of H-pyrrole nitrogens is 1. The maximum absolute atomic E-state index is 12.9. The van der Waals surface area contributed by atoms with E-state index in [4.69, 9.17) is 5.11 Å². The van der Waals surface area contributed by atoms with Crippen molar-refractivity contribution in [3.8, 4) is 0 Å². The number of fused-ring (bicyclic) bond motifs is 1. The maximum Gasteiger partial charge on any atom is 0.256 e. The average molecular weight is 286 g/mol. The number of hydrogen-bond acceptors (Lipinski definition) is 2. The first-order chi connectivity index (χ1) is 10.2. The number of nitrogens with one attached hydrogen (secondary N) is 1. The summed E-state index contributed by atoms with van der Waals surface area (Å²) in [4.78, 5) is 18.1. The predicted molar refractivity (Wildman–Crippen MR) is 83.4 cm³/mol. The van der Waals surface area contributed by atoms with E-state index in [1.807, 2.05) is 36.1 Å². The quantitative estimate of drug-likeness (QED) is 0.911. The number of carbonyl (C=O) groups excluding carboxylic acids is 1. The van der Waals surface area contributed by atoms with Gasteiger partial charge in [-0.1, -0.05) is 18.2 Å². The molecule has 0 aliphatic carbocycles. The number of para-hydroxylation sites is 1. The summed E-state index contributed by atoms with van der Waals surface area (Å²) in [7, 11) is 0. The minimum absolute atomic E-state index is 0.118. The zero-order valence-corrected chi connectivity index (χ0v) is 12.4.